The van der Waals surface area contributed by atoms with Gasteiger partial charge in [0.2, 0.25) is 0 Å². The van der Waals surface area contributed by atoms with E-state index in [9.17, 15) is 4.79 Å². The first-order valence-corrected chi connectivity index (χ1v) is 6.93. The molecule has 2 rings (SSSR count). The van der Waals surface area contributed by atoms with Gasteiger partial charge in [-0.15, -0.1) is 11.8 Å². The van der Waals surface area contributed by atoms with Gasteiger partial charge in [0.15, 0.2) is 0 Å². The summed E-state index contributed by atoms with van der Waals surface area (Å²) < 4.78 is 2.99. The fourth-order valence-electron chi connectivity index (χ4n) is 1.58. The zero-order valence-electron chi connectivity index (χ0n) is 9.18. The van der Waals surface area contributed by atoms with E-state index < -0.39 is 5.97 Å². The number of hydrogen-bond donors (Lipinski definition) is 1. The molecular weight excluding hydrogens is 304 g/mol. The van der Waals surface area contributed by atoms with Crippen molar-refractivity contribution in [1.82, 2.24) is 9.55 Å². The average Bonchev–Trinajstić information content (AvgIpc) is 2.55. The molecule has 0 radical (unpaired) electrons. The molecule has 0 aliphatic rings. The number of halogens is 1. The molecule has 0 saturated carbocycles. The zero-order chi connectivity index (χ0) is 12.4. The Balaban J connectivity index is 2.23. The molecule has 0 bridgehead atoms. The van der Waals surface area contributed by atoms with Crippen molar-refractivity contribution < 1.29 is 9.90 Å². The molecule has 0 spiro atoms. The molecule has 0 aliphatic heterocycles. The number of aliphatic carboxylic acids is 1. The van der Waals surface area contributed by atoms with Gasteiger partial charge in [0.1, 0.15) is 5.82 Å². The molecule has 0 amide bonds. The molecule has 0 aliphatic carbocycles. The quantitative estimate of drug-likeness (QED) is 0.942. The van der Waals surface area contributed by atoms with Crippen molar-refractivity contribution in [3.63, 3.8) is 0 Å². The average molecular weight is 315 g/mol. The third-order valence-electron chi connectivity index (χ3n) is 2.39. The predicted molar refractivity (Wildman–Crippen MR) is 72.2 cm³/mol. The van der Waals surface area contributed by atoms with E-state index in [1.54, 1.807) is 0 Å². The molecule has 1 N–H and O–H groups in total. The first-order chi connectivity index (χ1) is 8.08. The first kappa shape index (κ1) is 12.4. The van der Waals surface area contributed by atoms with Crippen molar-refractivity contribution in [2.45, 2.75) is 5.75 Å². The molecular formula is C11H11BrN2O2S. The van der Waals surface area contributed by atoms with Crippen molar-refractivity contribution in [2.24, 2.45) is 7.05 Å². The van der Waals surface area contributed by atoms with Gasteiger partial charge in [-0.3, -0.25) is 4.79 Å². The van der Waals surface area contributed by atoms with Gasteiger partial charge in [0.25, 0.3) is 0 Å². The summed E-state index contributed by atoms with van der Waals surface area (Å²) in [4.78, 5) is 14.9. The first-order valence-electron chi connectivity index (χ1n) is 4.98. The van der Waals surface area contributed by atoms with Crippen molar-refractivity contribution >= 4 is 44.7 Å². The van der Waals surface area contributed by atoms with Crippen LogP contribution in [0.4, 0.5) is 0 Å². The fourth-order valence-corrected chi connectivity index (χ4v) is 2.65. The second-order valence-corrected chi connectivity index (χ2v) is 5.51. The minimum absolute atomic E-state index is 0.104. The molecule has 2 aromatic rings. The van der Waals surface area contributed by atoms with E-state index in [4.69, 9.17) is 5.11 Å². The highest BCUT2D eigenvalue weighted by Gasteiger charge is 2.08. The second kappa shape index (κ2) is 5.10. The molecule has 0 saturated heterocycles. The lowest BCUT2D eigenvalue weighted by atomic mass is 10.3. The lowest BCUT2D eigenvalue weighted by Crippen LogP contribution is -2.01. The third kappa shape index (κ3) is 2.81. The van der Waals surface area contributed by atoms with Crippen LogP contribution in [0.3, 0.4) is 0 Å². The number of hydrogen-bond acceptors (Lipinski definition) is 3. The van der Waals surface area contributed by atoms with Crippen LogP contribution in [0.15, 0.2) is 22.7 Å². The Kier molecular flexibility index (Phi) is 3.73. The molecule has 4 nitrogen and oxygen atoms in total. The third-order valence-corrected chi connectivity index (χ3v) is 3.80. The maximum Gasteiger partial charge on any atom is 0.313 e. The summed E-state index contributed by atoms with van der Waals surface area (Å²) in [5, 5.41) is 8.58. The summed E-state index contributed by atoms with van der Waals surface area (Å²) in [7, 11) is 1.94. The van der Waals surface area contributed by atoms with Crippen LogP contribution in [-0.2, 0) is 17.6 Å². The van der Waals surface area contributed by atoms with E-state index in [-0.39, 0.29) is 5.75 Å². The second-order valence-electron chi connectivity index (χ2n) is 3.61. The van der Waals surface area contributed by atoms with E-state index in [1.807, 2.05) is 29.8 Å². The van der Waals surface area contributed by atoms with Crippen LogP contribution in [0.1, 0.15) is 5.82 Å². The number of thioether (sulfide) groups is 1. The highest BCUT2D eigenvalue weighted by Crippen LogP contribution is 2.22. The Bertz CT molecular complexity index is 568. The lowest BCUT2D eigenvalue weighted by Gasteiger charge is -2.00. The van der Waals surface area contributed by atoms with Gasteiger partial charge < -0.3 is 9.67 Å². The van der Waals surface area contributed by atoms with E-state index >= 15 is 0 Å². The number of fused-ring (bicyclic) bond motifs is 1. The van der Waals surface area contributed by atoms with Crippen molar-refractivity contribution in [3.05, 3.63) is 28.5 Å². The summed E-state index contributed by atoms with van der Waals surface area (Å²) >= 11 is 4.76. The van der Waals surface area contributed by atoms with Crippen LogP contribution in [-0.4, -0.2) is 26.4 Å². The van der Waals surface area contributed by atoms with Crippen LogP contribution in [0.2, 0.25) is 0 Å². The number of benzene rings is 1. The normalized spacial score (nSPS) is 10.9. The monoisotopic (exact) mass is 314 g/mol. The molecule has 0 unspecified atom stereocenters. The van der Waals surface area contributed by atoms with Gasteiger partial charge in [-0.05, 0) is 18.2 Å². The lowest BCUT2D eigenvalue weighted by molar-refractivity contribution is -0.133. The number of rotatable bonds is 4. The smallest absolute Gasteiger partial charge is 0.313 e. The van der Waals surface area contributed by atoms with Crippen LogP contribution in [0.5, 0.6) is 0 Å². The number of imidazole rings is 1. The Morgan fingerprint density at radius 1 is 1.59 bits per heavy atom. The molecule has 1 aromatic carbocycles. The standard InChI is InChI=1S/C11H11BrN2O2S/c1-14-9-3-2-7(12)4-8(9)13-10(14)5-17-6-11(15)16/h2-4H,5-6H2,1H3,(H,15,16). The van der Waals surface area contributed by atoms with Crippen molar-refractivity contribution in [3.8, 4) is 0 Å². The molecule has 90 valence electrons. The molecule has 0 atom stereocenters. The molecule has 17 heavy (non-hydrogen) atoms. The highest BCUT2D eigenvalue weighted by molar-refractivity contribution is 9.10. The number of nitrogens with zero attached hydrogens (tertiary/aromatic N) is 2. The summed E-state index contributed by atoms with van der Waals surface area (Å²) in [6, 6.07) is 5.93. The topological polar surface area (TPSA) is 55.1 Å². The van der Waals surface area contributed by atoms with E-state index in [1.165, 1.54) is 11.8 Å². The minimum Gasteiger partial charge on any atom is -0.481 e. The van der Waals surface area contributed by atoms with Gasteiger partial charge >= 0.3 is 5.97 Å². The molecule has 6 heteroatoms. The Morgan fingerprint density at radius 3 is 3.06 bits per heavy atom. The van der Waals surface area contributed by atoms with Gasteiger partial charge in [-0.1, -0.05) is 15.9 Å². The van der Waals surface area contributed by atoms with Gasteiger partial charge in [-0.25, -0.2) is 4.98 Å². The number of carboxylic acids is 1. The van der Waals surface area contributed by atoms with Crippen molar-refractivity contribution in [2.75, 3.05) is 5.75 Å². The predicted octanol–water partition coefficient (Wildman–Crippen LogP) is 2.65. The largest absolute Gasteiger partial charge is 0.481 e. The number of carbonyl (C=O) groups is 1. The van der Waals surface area contributed by atoms with Crippen molar-refractivity contribution in [1.29, 1.82) is 0 Å². The summed E-state index contributed by atoms with van der Waals surface area (Å²) in [5.41, 5.74) is 1.98. The molecule has 1 aromatic heterocycles. The van der Waals surface area contributed by atoms with E-state index in [0.717, 1.165) is 21.3 Å². The van der Waals surface area contributed by atoms with Crippen LogP contribution < -0.4 is 0 Å². The van der Waals surface area contributed by atoms with E-state index in [2.05, 4.69) is 20.9 Å². The number of aryl methyl sites for hydroxylation is 1. The number of aromatic nitrogens is 2. The molecule has 0 fully saturated rings. The van der Waals surface area contributed by atoms with Crippen LogP contribution in [0, 0.1) is 0 Å². The Hall–Kier alpha value is -1.01. The highest BCUT2D eigenvalue weighted by atomic mass is 79.9. The van der Waals surface area contributed by atoms with Crippen LogP contribution in [0.25, 0.3) is 11.0 Å². The van der Waals surface area contributed by atoms with Gasteiger partial charge in [0.05, 0.1) is 22.5 Å². The Labute approximate surface area is 111 Å². The zero-order valence-corrected chi connectivity index (χ0v) is 11.6. The van der Waals surface area contributed by atoms with Gasteiger partial charge in [-0.2, -0.15) is 0 Å². The fraction of sp³-hybridized carbons (Fsp3) is 0.273. The summed E-state index contributed by atoms with van der Waals surface area (Å²) in [6.07, 6.45) is 0. The maximum atomic E-state index is 10.4. The number of carboxylic acid groups (broad SMARTS) is 1. The van der Waals surface area contributed by atoms with Gasteiger partial charge in [0, 0.05) is 11.5 Å². The molecule has 1 heterocycles. The van der Waals surface area contributed by atoms with Crippen LogP contribution >= 0.6 is 27.7 Å². The summed E-state index contributed by atoms with van der Waals surface area (Å²) in [6.45, 7) is 0. The summed E-state index contributed by atoms with van der Waals surface area (Å²) in [5.74, 6) is 0.808. The maximum absolute atomic E-state index is 10.4. The SMILES string of the molecule is Cn1c(CSCC(=O)O)nc2cc(Br)ccc21. The van der Waals surface area contributed by atoms with E-state index in [0.29, 0.717) is 5.75 Å². The minimum atomic E-state index is -0.795. The Morgan fingerprint density at radius 2 is 2.35 bits per heavy atom.